The van der Waals surface area contributed by atoms with Gasteiger partial charge in [0.05, 0.1) is 17.7 Å². The molecule has 0 spiro atoms. The van der Waals surface area contributed by atoms with Gasteiger partial charge in [-0.2, -0.15) is 0 Å². The van der Waals surface area contributed by atoms with Crippen LogP contribution in [-0.4, -0.2) is 25.2 Å². The Morgan fingerprint density at radius 2 is 1.78 bits per heavy atom. The molecule has 1 heterocycles. The minimum atomic E-state index is -0.0578. The number of para-hydroxylation sites is 1. The average molecular weight is 324 g/mol. The third kappa shape index (κ3) is 3.14. The molecule has 0 bridgehead atoms. The molecular weight excluding hydrogens is 308 g/mol. The number of anilines is 1. The van der Waals surface area contributed by atoms with Gasteiger partial charge in [0.25, 0.3) is 5.91 Å². The summed E-state index contributed by atoms with van der Waals surface area (Å²) in [6.45, 7) is 0. The Labute approximate surface area is 139 Å². The van der Waals surface area contributed by atoms with Crippen molar-refractivity contribution in [3.63, 3.8) is 0 Å². The van der Waals surface area contributed by atoms with E-state index in [1.807, 2.05) is 60.7 Å². The highest BCUT2D eigenvalue weighted by atomic mass is 32.2. The van der Waals surface area contributed by atoms with E-state index in [9.17, 15) is 4.79 Å². The predicted octanol–water partition coefficient (Wildman–Crippen LogP) is 3.80. The number of methoxy groups -OCH3 is 1. The van der Waals surface area contributed by atoms with Gasteiger partial charge < -0.3 is 4.74 Å². The molecule has 5 heteroatoms. The van der Waals surface area contributed by atoms with Crippen molar-refractivity contribution >= 4 is 34.6 Å². The molecule has 2 aromatic carbocycles. The summed E-state index contributed by atoms with van der Waals surface area (Å²) >= 11 is 1.38. The fourth-order valence-electron chi connectivity index (χ4n) is 2.28. The van der Waals surface area contributed by atoms with Crippen LogP contribution < -0.4 is 9.64 Å². The number of thioether (sulfide) groups is 1. The quantitative estimate of drug-likeness (QED) is 0.807. The van der Waals surface area contributed by atoms with Gasteiger partial charge in [0, 0.05) is 7.05 Å². The van der Waals surface area contributed by atoms with Crippen LogP contribution in [0.4, 0.5) is 5.69 Å². The SMILES string of the molecule is CN=C1S/C(=C\c2ccc(OC)cc2)C(=O)N1c1ccccc1. The summed E-state index contributed by atoms with van der Waals surface area (Å²) in [4.78, 5) is 19.3. The first-order valence-corrected chi connectivity index (χ1v) is 7.94. The topological polar surface area (TPSA) is 41.9 Å². The lowest BCUT2D eigenvalue weighted by Crippen LogP contribution is -2.28. The molecule has 0 atom stereocenters. The Kier molecular flexibility index (Phi) is 4.48. The van der Waals surface area contributed by atoms with Crippen LogP contribution in [0.2, 0.25) is 0 Å². The molecule has 1 aliphatic heterocycles. The Balaban J connectivity index is 1.93. The number of hydrogen-bond acceptors (Lipinski definition) is 4. The van der Waals surface area contributed by atoms with E-state index in [4.69, 9.17) is 4.74 Å². The molecular formula is C18H16N2O2S. The van der Waals surface area contributed by atoms with Crippen LogP contribution in [0.1, 0.15) is 5.56 Å². The van der Waals surface area contributed by atoms with Crippen LogP contribution in [0.3, 0.4) is 0 Å². The summed E-state index contributed by atoms with van der Waals surface area (Å²) < 4.78 is 5.15. The minimum absolute atomic E-state index is 0.0578. The van der Waals surface area contributed by atoms with Gasteiger partial charge in [0.2, 0.25) is 0 Å². The van der Waals surface area contributed by atoms with Gasteiger partial charge in [0.15, 0.2) is 5.17 Å². The first kappa shape index (κ1) is 15.4. The zero-order valence-corrected chi connectivity index (χ0v) is 13.7. The van der Waals surface area contributed by atoms with Crippen LogP contribution in [0.25, 0.3) is 6.08 Å². The summed E-state index contributed by atoms with van der Waals surface area (Å²) in [5.41, 5.74) is 1.77. The Hall–Kier alpha value is -2.53. The molecule has 1 amide bonds. The van der Waals surface area contributed by atoms with E-state index < -0.39 is 0 Å². The van der Waals surface area contributed by atoms with E-state index in [1.54, 1.807) is 19.1 Å². The molecule has 0 N–H and O–H groups in total. The number of hydrogen-bond donors (Lipinski definition) is 0. The number of nitrogens with zero attached hydrogens (tertiary/aromatic N) is 2. The van der Waals surface area contributed by atoms with Gasteiger partial charge in [-0.1, -0.05) is 30.3 Å². The van der Waals surface area contributed by atoms with Crippen molar-refractivity contribution in [2.75, 3.05) is 19.1 Å². The highest BCUT2D eigenvalue weighted by Crippen LogP contribution is 2.35. The molecule has 1 fully saturated rings. The monoisotopic (exact) mass is 324 g/mol. The molecule has 116 valence electrons. The number of carbonyl (C=O) groups excluding carboxylic acids is 1. The maximum absolute atomic E-state index is 12.7. The third-order valence-electron chi connectivity index (χ3n) is 3.43. The molecule has 1 aliphatic rings. The van der Waals surface area contributed by atoms with E-state index in [0.29, 0.717) is 10.1 Å². The van der Waals surface area contributed by atoms with Gasteiger partial charge >= 0.3 is 0 Å². The summed E-state index contributed by atoms with van der Waals surface area (Å²) in [5.74, 6) is 0.733. The normalized spacial score (nSPS) is 18.0. The zero-order valence-electron chi connectivity index (χ0n) is 12.9. The smallest absolute Gasteiger partial charge is 0.271 e. The summed E-state index contributed by atoms with van der Waals surface area (Å²) in [7, 11) is 3.33. The number of rotatable bonds is 3. The standard InChI is InChI=1S/C18H16N2O2S/c1-19-18-20(14-6-4-3-5-7-14)17(21)16(23-18)12-13-8-10-15(22-2)11-9-13/h3-12H,1-2H3/b16-12-,19-18?. The van der Waals surface area contributed by atoms with E-state index in [0.717, 1.165) is 17.0 Å². The van der Waals surface area contributed by atoms with Crippen LogP contribution in [0.5, 0.6) is 5.75 Å². The lowest BCUT2D eigenvalue weighted by Gasteiger charge is -2.14. The van der Waals surface area contributed by atoms with Gasteiger partial charge in [-0.25, -0.2) is 0 Å². The fourth-order valence-corrected chi connectivity index (χ4v) is 3.22. The van der Waals surface area contributed by atoms with Crippen molar-refractivity contribution in [2.24, 2.45) is 4.99 Å². The molecule has 0 saturated carbocycles. The maximum atomic E-state index is 12.7. The predicted molar refractivity (Wildman–Crippen MR) is 95.8 cm³/mol. The average Bonchev–Trinajstić information content (AvgIpc) is 2.92. The Bertz CT molecular complexity index is 767. The maximum Gasteiger partial charge on any atom is 0.271 e. The Morgan fingerprint density at radius 3 is 2.39 bits per heavy atom. The molecule has 2 aromatic rings. The first-order chi connectivity index (χ1) is 11.2. The molecule has 23 heavy (non-hydrogen) atoms. The number of aliphatic imine (C=N–C) groups is 1. The first-order valence-electron chi connectivity index (χ1n) is 7.13. The number of amidine groups is 1. The second-order valence-corrected chi connectivity index (χ2v) is 5.88. The van der Waals surface area contributed by atoms with E-state index >= 15 is 0 Å². The summed E-state index contributed by atoms with van der Waals surface area (Å²) in [5, 5.41) is 0.681. The molecule has 0 aromatic heterocycles. The van der Waals surface area contributed by atoms with Crippen molar-refractivity contribution in [1.29, 1.82) is 0 Å². The molecule has 0 radical (unpaired) electrons. The van der Waals surface area contributed by atoms with Gasteiger partial charge in [-0.15, -0.1) is 0 Å². The van der Waals surface area contributed by atoms with E-state index in [-0.39, 0.29) is 5.91 Å². The second-order valence-electron chi connectivity index (χ2n) is 4.87. The highest BCUT2D eigenvalue weighted by Gasteiger charge is 2.33. The zero-order chi connectivity index (χ0) is 16.2. The summed E-state index contributed by atoms with van der Waals surface area (Å²) in [6.07, 6.45) is 1.88. The lowest BCUT2D eigenvalue weighted by molar-refractivity contribution is -0.113. The molecule has 3 rings (SSSR count). The highest BCUT2D eigenvalue weighted by molar-refractivity contribution is 8.19. The van der Waals surface area contributed by atoms with Crippen LogP contribution >= 0.6 is 11.8 Å². The molecule has 0 aliphatic carbocycles. The largest absolute Gasteiger partial charge is 0.497 e. The molecule has 1 saturated heterocycles. The van der Waals surface area contributed by atoms with E-state index in [1.165, 1.54) is 11.8 Å². The number of amides is 1. The van der Waals surface area contributed by atoms with Gasteiger partial charge in [-0.05, 0) is 47.7 Å². The third-order valence-corrected chi connectivity index (χ3v) is 4.49. The van der Waals surface area contributed by atoms with Gasteiger partial charge in [-0.3, -0.25) is 14.7 Å². The molecule has 0 unspecified atom stereocenters. The van der Waals surface area contributed by atoms with Crippen molar-refractivity contribution in [2.45, 2.75) is 0 Å². The lowest BCUT2D eigenvalue weighted by atomic mass is 10.2. The van der Waals surface area contributed by atoms with Crippen LogP contribution in [0, 0.1) is 0 Å². The second kappa shape index (κ2) is 6.71. The number of ether oxygens (including phenoxy) is 1. The fraction of sp³-hybridized carbons (Fsp3) is 0.111. The minimum Gasteiger partial charge on any atom is -0.497 e. The number of carbonyl (C=O) groups is 1. The van der Waals surface area contributed by atoms with Crippen molar-refractivity contribution in [1.82, 2.24) is 0 Å². The molecule has 4 nitrogen and oxygen atoms in total. The van der Waals surface area contributed by atoms with Crippen molar-refractivity contribution < 1.29 is 9.53 Å². The van der Waals surface area contributed by atoms with Gasteiger partial charge in [0.1, 0.15) is 5.75 Å². The number of benzene rings is 2. The summed E-state index contributed by atoms with van der Waals surface area (Å²) in [6, 6.07) is 17.1. The Morgan fingerprint density at radius 1 is 1.09 bits per heavy atom. The van der Waals surface area contributed by atoms with Crippen molar-refractivity contribution in [3.05, 3.63) is 65.1 Å². The van der Waals surface area contributed by atoms with Crippen molar-refractivity contribution in [3.8, 4) is 5.75 Å². The van der Waals surface area contributed by atoms with Crippen LogP contribution in [0.15, 0.2) is 64.5 Å². The van der Waals surface area contributed by atoms with E-state index in [2.05, 4.69) is 4.99 Å². The van der Waals surface area contributed by atoms with Crippen LogP contribution in [-0.2, 0) is 4.79 Å².